The second-order valence-corrected chi connectivity index (χ2v) is 8.19. The summed E-state index contributed by atoms with van der Waals surface area (Å²) in [5.41, 5.74) is -2.98. The Labute approximate surface area is 201 Å². The standard InChI is InChI=1S/C23H22F6N2O5/c1-12-6-18(17-5-4-16(35-2)10-19(17)31(12)20(32)33)30(21(34)36-3)11-13-7-14(22(24,25)26)9-15(8-13)23(27,28)29/h4-5,7-10,12,18H,6,11H2,1-3H3,(H,32,33)/t12-,18+/m1/s1. The molecule has 2 aromatic rings. The monoisotopic (exact) mass is 520 g/mol. The minimum atomic E-state index is -5.06. The number of halogens is 6. The van der Waals surface area contributed by atoms with Gasteiger partial charge < -0.3 is 14.6 Å². The molecule has 0 bridgehead atoms. The number of methoxy groups -OCH3 is 2. The van der Waals surface area contributed by atoms with Crippen LogP contribution in [0.3, 0.4) is 0 Å². The van der Waals surface area contributed by atoms with Crippen LogP contribution in [0.25, 0.3) is 0 Å². The van der Waals surface area contributed by atoms with Gasteiger partial charge >= 0.3 is 24.5 Å². The Morgan fingerprint density at radius 1 is 1.03 bits per heavy atom. The summed E-state index contributed by atoms with van der Waals surface area (Å²) in [5, 5.41) is 9.71. The van der Waals surface area contributed by atoms with Gasteiger partial charge in [0.2, 0.25) is 0 Å². The van der Waals surface area contributed by atoms with Gasteiger partial charge in [0.1, 0.15) is 5.75 Å². The van der Waals surface area contributed by atoms with E-state index in [0.29, 0.717) is 23.4 Å². The molecule has 1 heterocycles. The molecule has 1 aliphatic heterocycles. The van der Waals surface area contributed by atoms with Crippen molar-refractivity contribution in [1.82, 2.24) is 4.90 Å². The number of carbonyl (C=O) groups excluding carboxylic acids is 1. The van der Waals surface area contributed by atoms with E-state index in [4.69, 9.17) is 9.47 Å². The first-order chi connectivity index (χ1) is 16.7. The molecule has 2 aromatic carbocycles. The number of hydrogen-bond acceptors (Lipinski definition) is 4. The van der Waals surface area contributed by atoms with Crippen LogP contribution in [0.15, 0.2) is 36.4 Å². The van der Waals surface area contributed by atoms with Gasteiger partial charge in [0.15, 0.2) is 0 Å². The quantitative estimate of drug-likeness (QED) is 0.478. The lowest BCUT2D eigenvalue weighted by Gasteiger charge is -2.42. The summed E-state index contributed by atoms with van der Waals surface area (Å²) >= 11 is 0. The summed E-state index contributed by atoms with van der Waals surface area (Å²) in [6, 6.07) is 3.87. The first kappa shape index (κ1) is 27.0. The molecule has 13 heteroatoms. The molecule has 36 heavy (non-hydrogen) atoms. The molecule has 7 nitrogen and oxygen atoms in total. The lowest BCUT2D eigenvalue weighted by atomic mass is 9.90. The first-order valence-electron chi connectivity index (χ1n) is 10.5. The molecule has 0 aliphatic carbocycles. The van der Waals surface area contributed by atoms with Gasteiger partial charge in [-0.25, -0.2) is 9.59 Å². The van der Waals surface area contributed by atoms with E-state index in [2.05, 4.69) is 0 Å². The predicted octanol–water partition coefficient (Wildman–Crippen LogP) is 6.32. The van der Waals surface area contributed by atoms with Crippen LogP contribution in [-0.4, -0.2) is 42.5 Å². The fourth-order valence-corrected chi connectivity index (χ4v) is 4.25. The molecule has 0 spiro atoms. The molecule has 1 aliphatic rings. The Morgan fingerprint density at radius 2 is 1.61 bits per heavy atom. The molecule has 0 radical (unpaired) electrons. The van der Waals surface area contributed by atoms with Crippen LogP contribution in [0.2, 0.25) is 0 Å². The van der Waals surface area contributed by atoms with E-state index in [1.807, 2.05) is 0 Å². The molecule has 0 saturated heterocycles. The maximum atomic E-state index is 13.3. The van der Waals surface area contributed by atoms with Crippen molar-refractivity contribution in [3.63, 3.8) is 0 Å². The van der Waals surface area contributed by atoms with Crippen LogP contribution in [0, 0.1) is 0 Å². The Kier molecular flexibility index (Phi) is 7.32. The molecule has 2 amide bonds. The smallest absolute Gasteiger partial charge is 0.416 e. The SMILES string of the molecule is COC(=O)N(Cc1cc(C(F)(F)F)cc(C(F)(F)F)c1)[C@H]1C[C@@H](C)N(C(=O)O)c2cc(OC)ccc21. The van der Waals surface area contributed by atoms with Gasteiger partial charge in [-0.3, -0.25) is 9.80 Å². The Morgan fingerprint density at radius 3 is 2.08 bits per heavy atom. The van der Waals surface area contributed by atoms with E-state index in [0.717, 1.165) is 16.9 Å². The summed E-state index contributed by atoms with van der Waals surface area (Å²) < 4.78 is 90.0. The third-order valence-corrected chi connectivity index (χ3v) is 5.85. The number of rotatable bonds is 4. The van der Waals surface area contributed by atoms with E-state index < -0.39 is 59.9 Å². The fraction of sp³-hybridized carbons (Fsp3) is 0.391. The van der Waals surface area contributed by atoms with Crippen molar-refractivity contribution in [2.45, 2.75) is 44.3 Å². The minimum absolute atomic E-state index is 0.000972. The van der Waals surface area contributed by atoms with Crippen LogP contribution in [0.1, 0.15) is 41.6 Å². The third-order valence-electron chi connectivity index (χ3n) is 5.85. The third kappa shape index (κ3) is 5.44. The van der Waals surface area contributed by atoms with Crippen molar-refractivity contribution >= 4 is 17.9 Å². The second kappa shape index (κ2) is 9.78. The van der Waals surface area contributed by atoms with Crippen molar-refractivity contribution in [3.05, 3.63) is 58.7 Å². The van der Waals surface area contributed by atoms with E-state index in [9.17, 15) is 41.0 Å². The van der Waals surface area contributed by atoms with Gasteiger partial charge in [-0.1, -0.05) is 6.07 Å². The number of nitrogens with zero attached hydrogens (tertiary/aromatic N) is 2. The van der Waals surface area contributed by atoms with Crippen LogP contribution in [-0.2, 0) is 23.6 Å². The number of hydrogen-bond donors (Lipinski definition) is 1. The topological polar surface area (TPSA) is 79.3 Å². The van der Waals surface area contributed by atoms with E-state index in [-0.39, 0.29) is 18.2 Å². The van der Waals surface area contributed by atoms with Gasteiger partial charge in [-0.15, -0.1) is 0 Å². The number of carbonyl (C=O) groups is 2. The number of benzene rings is 2. The highest BCUT2D eigenvalue weighted by Crippen LogP contribution is 2.43. The summed E-state index contributed by atoms with van der Waals surface area (Å²) in [6.07, 6.45) is -12.4. The summed E-state index contributed by atoms with van der Waals surface area (Å²) in [4.78, 5) is 26.7. The summed E-state index contributed by atoms with van der Waals surface area (Å²) in [7, 11) is 2.39. The zero-order valence-electron chi connectivity index (χ0n) is 19.3. The number of fused-ring (bicyclic) bond motifs is 1. The molecule has 0 aromatic heterocycles. The highest BCUT2D eigenvalue weighted by Gasteiger charge is 2.40. The normalized spacial score (nSPS) is 17.9. The maximum Gasteiger partial charge on any atom is 0.416 e. The molecule has 3 rings (SSSR count). The van der Waals surface area contributed by atoms with Crippen molar-refractivity contribution in [3.8, 4) is 5.75 Å². The fourth-order valence-electron chi connectivity index (χ4n) is 4.25. The van der Waals surface area contributed by atoms with Gasteiger partial charge in [0.05, 0.1) is 37.1 Å². The Bertz CT molecular complexity index is 1120. The van der Waals surface area contributed by atoms with E-state index in [1.54, 1.807) is 6.92 Å². The molecule has 0 fully saturated rings. The molecular formula is C23H22F6N2O5. The zero-order chi connectivity index (χ0) is 27.0. The highest BCUT2D eigenvalue weighted by molar-refractivity contribution is 5.89. The van der Waals surface area contributed by atoms with Crippen molar-refractivity contribution in [1.29, 1.82) is 0 Å². The Balaban J connectivity index is 2.14. The maximum absolute atomic E-state index is 13.3. The minimum Gasteiger partial charge on any atom is -0.497 e. The van der Waals surface area contributed by atoms with Gasteiger partial charge in [0, 0.05) is 18.7 Å². The molecule has 2 atom stereocenters. The molecule has 0 saturated carbocycles. The van der Waals surface area contributed by atoms with E-state index >= 15 is 0 Å². The van der Waals surface area contributed by atoms with E-state index in [1.165, 1.54) is 25.3 Å². The molecular weight excluding hydrogens is 498 g/mol. The second-order valence-electron chi connectivity index (χ2n) is 8.19. The number of anilines is 1. The van der Waals surface area contributed by atoms with Crippen molar-refractivity contribution in [2.75, 3.05) is 19.1 Å². The lowest BCUT2D eigenvalue weighted by Crippen LogP contribution is -2.47. The van der Waals surface area contributed by atoms with Crippen molar-refractivity contribution in [2.24, 2.45) is 0 Å². The average molecular weight is 520 g/mol. The van der Waals surface area contributed by atoms with Crippen molar-refractivity contribution < 1.29 is 50.5 Å². The lowest BCUT2D eigenvalue weighted by molar-refractivity contribution is -0.143. The largest absolute Gasteiger partial charge is 0.497 e. The van der Waals surface area contributed by atoms with Gasteiger partial charge in [-0.05, 0) is 48.7 Å². The van der Waals surface area contributed by atoms with Crippen LogP contribution in [0.5, 0.6) is 5.75 Å². The number of amides is 2. The number of alkyl halides is 6. The summed E-state index contributed by atoms with van der Waals surface area (Å²) in [6.45, 7) is 0.903. The van der Waals surface area contributed by atoms with Gasteiger partial charge in [0.25, 0.3) is 0 Å². The Hall–Kier alpha value is -3.64. The zero-order valence-corrected chi connectivity index (χ0v) is 19.3. The number of ether oxygens (including phenoxy) is 2. The number of carboxylic acid groups (broad SMARTS) is 1. The van der Waals surface area contributed by atoms with Crippen LogP contribution in [0.4, 0.5) is 41.6 Å². The molecule has 196 valence electrons. The average Bonchev–Trinajstić information content (AvgIpc) is 2.79. The first-order valence-corrected chi connectivity index (χ1v) is 10.5. The van der Waals surface area contributed by atoms with Crippen LogP contribution >= 0.6 is 0 Å². The molecule has 1 N–H and O–H groups in total. The van der Waals surface area contributed by atoms with Gasteiger partial charge in [-0.2, -0.15) is 26.3 Å². The summed E-state index contributed by atoms with van der Waals surface area (Å²) in [5.74, 6) is 0.310. The molecule has 0 unspecified atom stereocenters. The predicted molar refractivity (Wildman–Crippen MR) is 115 cm³/mol. The van der Waals surface area contributed by atoms with Crippen LogP contribution < -0.4 is 9.64 Å². The highest BCUT2D eigenvalue weighted by atomic mass is 19.4.